The summed E-state index contributed by atoms with van der Waals surface area (Å²) in [6.45, 7) is 6.13. The van der Waals surface area contributed by atoms with Crippen LogP contribution in [0.2, 0.25) is 10.0 Å². The molecular weight excluding hydrogens is 799 g/mol. The number of benzene rings is 4. The van der Waals surface area contributed by atoms with E-state index in [0.717, 1.165) is 35.1 Å². The number of amides is 3. The number of fused-ring (bicyclic) bond motifs is 2. The Morgan fingerprint density at radius 3 is 1.93 bits per heavy atom. The molecule has 3 aliphatic heterocycles. The fourth-order valence-electron chi connectivity index (χ4n) is 7.63. The first-order chi connectivity index (χ1) is 28.3. The fourth-order valence-corrected chi connectivity index (χ4v) is 8.30. The predicted molar refractivity (Wildman–Crippen MR) is 225 cm³/mol. The van der Waals surface area contributed by atoms with Crippen molar-refractivity contribution in [2.75, 3.05) is 62.9 Å². The molecule has 2 atom stereocenters. The van der Waals surface area contributed by atoms with E-state index >= 15 is 0 Å². The van der Waals surface area contributed by atoms with E-state index in [4.69, 9.17) is 42.1 Å². The summed E-state index contributed by atoms with van der Waals surface area (Å²) in [7, 11) is 1.24. The van der Waals surface area contributed by atoms with E-state index in [2.05, 4.69) is 5.32 Å². The molecule has 3 aliphatic rings. The van der Waals surface area contributed by atoms with E-state index < -0.39 is 24.2 Å². The molecule has 0 aromatic heterocycles. The summed E-state index contributed by atoms with van der Waals surface area (Å²) in [6.07, 6.45) is 1.21. The summed E-state index contributed by atoms with van der Waals surface area (Å²) in [5.41, 5.74) is 5.00. The van der Waals surface area contributed by atoms with Crippen LogP contribution in [0.4, 0.5) is 16.2 Å². The molecule has 0 radical (unpaired) electrons. The van der Waals surface area contributed by atoms with Gasteiger partial charge in [-0.15, -0.1) is 0 Å². The van der Waals surface area contributed by atoms with E-state index in [1.165, 1.54) is 7.11 Å². The van der Waals surface area contributed by atoms with Gasteiger partial charge in [-0.1, -0.05) is 71.7 Å². The Morgan fingerprint density at radius 1 is 0.847 bits per heavy atom. The first-order valence-corrected chi connectivity index (χ1v) is 20.2. The smallest absolute Gasteiger partial charge is 0.410 e. The highest BCUT2D eigenvalue weighted by Crippen LogP contribution is 2.45. The number of halogens is 2. The van der Waals surface area contributed by atoms with Gasteiger partial charge in [0.25, 0.3) is 11.8 Å². The third-order valence-electron chi connectivity index (χ3n) is 10.5. The quantitative estimate of drug-likeness (QED) is 0.152. The normalized spacial score (nSPS) is 16.9. The van der Waals surface area contributed by atoms with Crippen LogP contribution >= 0.6 is 23.2 Å². The molecule has 4 aromatic rings. The lowest BCUT2D eigenvalue weighted by atomic mass is 9.95. The van der Waals surface area contributed by atoms with Crippen molar-refractivity contribution >= 4 is 58.5 Å². The molecule has 3 amide bonds. The van der Waals surface area contributed by atoms with E-state index in [1.54, 1.807) is 20.8 Å². The van der Waals surface area contributed by atoms with Crippen LogP contribution in [0.1, 0.15) is 33.6 Å². The predicted octanol–water partition coefficient (Wildman–Crippen LogP) is 6.97. The van der Waals surface area contributed by atoms with Gasteiger partial charge in [-0.3, -0.25) is 14.4 Å². The zero-order valence-electron chi connectivity index (χ0n) is 33.3. The maximum Gasteiger partial charge on any atom is 0.410 e. The molecule has 3 heterocycles. The van der Waals surface area contributed by atoms with Crippen LogP contribution < -0.4 is 24.6 Å². The Bertz CT molecular complexity index is 2280. The number of aliphatic hydroxyl groups excluding tert-OH is 1. The number of hydrogen-bond donors (Lipinski definition) is 2. The summed E-state index contributed by atoms with van der Waals surface area (Å²) >= 11 is 14.4. The van der Waals surface area contributed by atoms with Crippen molar-refractivity contribution in [3.05, 3.63) is 82.8 Å². The van der Waals surface area contributed by atoms with Crippen molar-refractivity contribution in [3.8, 4) is 44.9 Å². The van der Waals surface area contributed by atoms with Gasteiger partial charge in [-0.05, 0) is 69.0 Å². The lowest BCUT2D eigenvalue weighted by Gasteiger charge is -2.35. The molecule has 1 fully saturated rings. The van der Waals surface area contributed by atoms with Crippen molar-refractivity contribution in [3.63, 3.8) is 0 Å². The number of nitrogens with zero attached hydrogens (tertiary/aromatic N) is 3. The highest BCUT2D eigenvalue weighted by Gasteiger charge is 2.37. The molecule has 4 aromatic carbocycles. The van der Waals surface area contributed by atoms with E-state index in [0.29, 0.717) is 57.1 Å². The molecule has 1 saturated heterocycles. The number of carbonyl (C=O) groups excluding carboxylic acids is 4. The average Bonchev–Trinajstić information content (AvgIpc) is 3.69. The summed E-state index contributed by atoms with van der Waals surface area (Å²) in [5, 5.41) is 13.4. The first-order valence-electron chi connectivity index (χ1n) is 19.4. The Labute approximate surface area is 352 Å². The molecular formula is C44H46Cl2N4O9. The number of carbonyl (C=O) groups is 4. The first kappa shape index (κ1) is 41.8. The van der Waals surface area contributed by atoms with Crippen molar-refractivity contribution in [1.29, 1.82) is 0 Å². The zero-order valence-corrected chi connectivity index (χ0v) is 34.8. The molecule has 2 N–H and O–H groups in total. The number of anilines is 2. The van der Waals surface area contributed by atoms with Crippen molar-refractivity contribution < 1.29 is 43.2 Å². The Morgan fingerprint density at radius 2 is 1.39 bits per heavy atom. The van der Waals surface area contributed by atoms with Crippen LogP contribution in [0, 0.1) is 0 Å². The maximum absolute atomic E-state index is 13.2. The lowest BCUT2D eigenvalue weighted by Crippen LogP contribution is -2.49. The molecule has 15 heteroatoms. The van der Waals surface area contributed by atoms with Gasteiger partial charge >= 0.3 is 12.1 Å². The van der Waals surface area contributed by atoms with Gasteiger partial charge < -0.3 is 44.1 Å². The maximum atomic E-state index is 13.2. The van der Waals surface area contributed by atoms with Gasteiger partial charge in [-0.25, -0.2) is 4.79 Å². The molecule has 0 unspecified atom stereocenters. The van der Waals surface area contributed by atoms with Crippen LogP contribution in [-0.4, -0.2) is 105 Å². The second kappa shape index (κ2) is 17.5. The van der Waals surface area contributed by atoms with Crippen LogP contribution in [0.25, 0.3) is 33.4 Å². The second-order valence-electron chi connectivity index (χ2n) is 15.5. The van der Waals surface area contributed by atoms with Gasteiger partial charge in [0.2, 0.25) is 0 Å². The van der Waals surface area contributed by atoms with Crippen LogP contribution in [-0.2, 0) is 23.9 Å². The second-order valence-corrected chi connectivity index (χ2v) is 16.3. The number of methoxy groups -OCH3 is 1. The summed E-state index contributed by atoms with van der Waals surface area (Å²) < 4.78 is 22.1. The minimum Gasteiger partial charge on any atom is -0.482 e. The average molecular weight is 846 g/mol. The zero-order chi connectivity index (χ0) is 42.0. The molecule has 0 saturated carbocycles. The Hall–Kier alpha value is -5.34. The topological polar surface area (TPSA) is 147 Å². The summed E-state index contributed by atoms with van der Waals surface area (Å²) in [5.74, 6) is 0.00441. The third kappa shape index (κ3) is 8.84. The highest BCUT2D eigenvalue weighted by molar-refractivity contribution is 6.39. The van der Waals surface area contributed by atoms with Crippen LogP contribution in [0.15, 0.2) is 72.8 Å². The van der Waals surface area contributed by atoms with Gasteiger partial charge in [0, 0.05) is 48.4 Å². The van der Waals surface area contributed by atoms with Gasteiger partial charge in [-0.2, -0.15) is 0 Å². The van der Waals surface area contributed by atoms with E-state index in [-0.39, 0.29) is 50.3 Å². The number of esters is 1. The SMILES string of the molecule is COC(=O)[C@H](CO)NCCN1C(=O)COc2cc(-c3cccc(-c4cccc(-c5ccc6c(c5)OCC(=O)N6C[C@@H]5CCCN5C(=O)OC(C)(C)C)c4Cl)c3Cl)ccc21. The standard InChI is InChI=1S/C44H46Cl2N4O9/c1-44(2,3)59-43(55)48-18-7-8-28(48)22-50-35-16-14-27(21-37(35)58-25-39(50)53)30-10-6-12-32(41(30)46)31-11-5-9-29(40(31)45)26-13-15-34-36(20-26)57-24-38(52)49(34)19-17-47-33(23-51)42(54)56-4/h5-6,9-16,20-21,28,33,47,51H,7-8,17-19,22-25H2,1-4H3/t28-,33-/m0/s1. The lowest BCUT2D eigenvalue weighted by molar-refractivity contribution is -0.144. The van der Waals surface area contributed by atoms with Gasteiger partial charge in [0.05, 0.1) is 41.2 Å². The molecule has 59 heavy (non-hydrogen) atoms. The molecule has 0 bridgehead atoms. The number of likely N-dealkylation sites (tertiary alicyclic amines) is 1. The number of ether oxygens (including phenoxy) is 4. The van der Waals surface area contributed by atoms with E-state index in [1.807, 2.05) is 87.5 Å². The minimum absolute atomic E-state index is 0.132. The van der Waals surface area contributed by atoms with Gasteiger partial charge in [0.1, 0.15) is 23.1 Å². The molecule has 13 nitrogen and oxygen atoms in total. The molecule has 7 rings (SSSR count). The molecule has 0 spiro atoms. The molecule has 0 aliphatic carbocycles. The van der Waals surface area contributed by atoms with Crippen molar-refractivity contribution in [2.45, 2.75) is 51.3 Å². The van der Waals surface area contributed by atoms with Crippen molar-refractivity contribution in [1.82, 2.24) is 10.2 Å². The summed E-state index contributed by atoms with van der Waals surface area (Å²) in [4.78, 5) is 55.9. The van der Waals surface area contributed by atoms with Crippen LogP contribution in [0.5, 0.6) is 11.5 Å². The number of nitrogens with one attached hydrogen (secondary N) is 1. The Balaban J connectivity index is 1.12. The number of hydrogen-bond acceptors (Lipinski definition) is 10. The largest absolute Gasteiger partial charge is 0.482 e. The van der Waals surface area contributed by atoms with Crippen LogP contribution in [0.3, 0.4) is 0 Å². The monoisotopic (exact) mass is 844 g/mol. The highest BCUT2D eigenvalue weighted by atomic mass is 35.5. The fraction of sp³-hybridized carbons (Fsp3) is 0.364. The molecule has 310 valence electrons. The third-order valence-corrected chi connectivity index (χ3v) is 11.3. The number of aliphatic hydroxyl groups is 1. The number of rotatable bonds is 11. The Kier molecular flexibility index (Phi) is 12.4. The van der Waals surface area contributed by atoms with Gasteiger partial charge in [0.15, 0.2) is 13.2 Å². The summed E-state index contributed by atoms with van der Waals surface area (Å²) in [6, 6.07) is 21.4. The van der Waals surface area contributed by atoms with E-state index in [9.17, 15) is 24.3 Å². The minimum atomic E-state index is -0.903. The van der Waals surface area contributed by atoms with Crippen molar-refractivity contribution in [2.24, 2.45) is 0 Å².